The molecule has 0 unspecified atom stereocenters. The van der Waals surface area contributed by atoms with E-state index in [-0.39, 0.29) is 30.1 Å². The third-order valence-corrected chi connectivity index (χ3v) is 7.88. The number of carbonyl (C=O) groups is 3. The summed E-state index contributed by atoms with van der Waals surface area (Å²) >= 11 is 1.36. The van der Waals surface area contributed by atoms with Gasteiger partial charge in [-0.3, -0.25) is 14.4 Å². The third-order valence-electron chi connectivity index (χ3n) is 7.06. The summed E-state index contributed by atoms with van der Waals surface area (Å²) in [5, 5.41) is 2.40. The Morgan fingerprint density at radius 1 is 1.00 bits per heavy atom. The summed E-state index contributed by atoms with van der Waals surface area (Å²) in [4.78, 5) is 46.5. The van der Waals surface area contributed by atoms with Crippen molar-refractivity contribution in [2.75, 3.05) is 32.7 Å². The molecule has 1 fully saturated rings. The van der Waals surface area contributed by atoms with E-state index in [9.17, 15) is 18.8 Å². The molecule has 3 heterocycles. The average molecular weight is 537 g/mol. The lowest BCUT2D eigenvalue weighted by Crippen LogP contribution is -2.50. The molecule has 0 aliphatic carbocycles. The van der Waals surface area contributed by atoms with Gasteiger partial charge in [-0.2, -0.15) is 0 Å². The lowest BCUT2D eigenvalue weighted by molar-refractivity contribution is -0.131. The molecule has 1 saturated heterocycles. The maximum atomic E-state index is 14.1. The molecule has 38 heavy (non-hydrogen) atoms. The fourth-order valence-corrected chi connectivity index (χ4v) is 5.74. The van der Waals surface area contributed by atoms with Gasteiger partial charge < -0.3 is 19.4 Å². The number of halogens is 1. The number of carbonyl (C=O) groups excluding carboxylic acids is 3. The molecule has 198 valence electrons. The van der Waals surface area contributed by atoms with Crippen LogP contribution in [0, 0.1) is 5.82 Å². The maximum Gasteiger partial charge on any atom is 0.273 e. The molecule has 2 aliphatic rings. The normalized spacial score (nSPS) is 17.2. The van der Waals surface area contributed by atoms with E-state index in [2.05, 4.69) is 4.98 Å². The number of hydrogen-bond acceptors (Lipinski definition) is 6. The Morgan fingerprint density at radius 3 is 2.47 bits per heavy atom. The Kier molecular flexibility index (Phi) is 7.42. The highest BCUT2D eigenvalue weighted by Gasteiger charge is 2.31. The van der Waals surface area contributed by atoms with Crippen LogP contribution in [0.1, 0.15) is 52.1 Å². The summed E-state index contributed by atoms with van der Waals surface area (Å²) in [6.07, 6.45) is 0.708. The monoisotopic (exact) mass is 536 g/mol. The average Bonchev–Trinajstić information content (AvgIpc) is 3.39. The van der Waals surface area contributed by atoms with E-state index in [1.165, 1.54) is 37.3 Å². The maximum absolute atomic E-state index is 14.1. The Morgan fingerprint density at radius 2 is 1.76 bits per heavy atom. The van der Waals surface area contributed by atoms with Crippen LogP contribution in [0.3, 0.4) is 0 Å². The van der Waals surface area contributed by atoms with Crippen LogP contribution >= 0.6 is 11.3 Å². The molecule has 1 aromatic heterocycles. The second-order valence-corrected chi connectivity index (χ2v) is 10.4. The SMILES string of the molecule is CC(=O)N1CCN(C(=O)c2csc(COc3ccc4c(c3)[C@@H](c3cccc(F)c3)N(C(C)=O)CC4)n2)CC1. The number of piperazine rings is 1. The molecule has 0 saturated carbocycles. The first kappa shape index (κ1) is 25.8. The number of thiazole rings is 1. The Hall–Kier alpha value is -3.79. The van der Waals surface area contributed by atoms with Crippen molar-refractivity contribution in [1.82, 2.24) is 19.7 Å². The Bertz CT molecular complexity index is 1370. The van der Waals surface area contributed by atoms with Gasteiger partial charge in [0.1, 0.15) is 28.9 Å². The standard InChI is InChI=1S/C28H29FN4O4S/c1-18(34)31-10-12-32(13-11-31)28(36)25-17-38-26(30-25)16-37-23-7-6-20-8-9-33(19(2)35)27(24(20)15-23)21-4-3-5-22(29)14-21/h3-7,14-15,17,27H,8-13,16H2,1-2H3/t27-/m1/s1. The van der Waals surface area contributed by atoms with Crippen molar-refractivity contribution in [3.05, 3.63) is 81.1 Å². The number of benzene rings is 2. The van der Waals surface area contributed by atoms with Crippen molar-refractivity contribution < 1.29 is 23.5 Å². The second kappa shape index (κ2) is 10.9. The number of nitrogens with zero attached hydrogens (tertiary/aromatic N) is 4. The highest BCUT2D eigenvalue weighted by atomic mass is 32.1. The van der Waals surface area contributed by atoms with Crippen molar-refractivity contribution in [3.63, 3.8) is 0 Å². The minimum absolute atomic E-state index is 0.0172. The van der Waals surface area contributed by atoms with Crippen molar-refractivity contribution in [3.8, 4) is 5.75 Å². The largest absolute Gasteiger partial charge is 0.486 e. The zero-order chi connectivity index (χ0) is 26.8. The van der Waals surface area contributed by atoms with Crippen LogP contribution in [0.25, 0.3) is 0 Å². The minimum Gasteiger partial charge on any atom is -0.486 e. The van der Waals surface area contributed by atoms with E-state index in [1.54, 1.807) is 26.1 Å². The molecule has 5 rings (SSSR count). The van der Waals surface area contributed by atoms with Crippen LogP contribution in [-0.4, -0.2) is 70.1 Å². The molecule has 10 heteroatoms. The zero-order valence-corrected chi connectivity index (χ0v) is 22.2. The van der Waals surface area contributed by atoms with Gasteiger partial charge >= 0.3 is 0 Å². The molecule has 8 nitrogen and oxygen atoms in total. The summed E-state index contributed by atoms with van der Waals surface area (Å²) < 4.78 is 20.1. The quantitative estimate of drug-likeness (QED) is 0.497. The smallest absolute Gasteiger partial charge is 0.273 e. The predicted octanol–water partition coefficient (Wildman–Crippen LogP) is 3.66. The van der Waals surface area contributed by atoms with Crippen molar-refractivity contribution in [2.24, 2.45) is 0 Å². The van der Waals surface area contributed by atoms with Crippen LogP contribution in [0.15, 0.2) is 47.8 Å². The number of ether oxygens (including phenoxy) is 1. The molecule has 2 aliphatic heterocycles. The number of hydrogen-bond donors (Lipinski definition) is 0. The van der Waals surface area contributed by atoms with E-state index in [4.69, 9.17) is 4.74 Å². The molecule has 0 bridgehead atoms. The topological polar surface area (TPSA) is 83.1 Å². The summed E-state index contributed by atoms with van der Waals surface area (Å²) in [6.45, 7) is 5.84. The van der Waals surface area contributed by atoms with Crippen molar-refractivity contribution in [2.45, 2.75) is 32.9 Å². The van der Waals surface area contributed by atoms with Gasteiger partial charge in [-0.1, -0.05) is 18.2 Å². The summed E-state index contributed by atoms with van der Waals surface area (Å²) in [7, 11) is 0. The second-order valence-electron chi connectivity index (χ2n) is 9.49. The van der Waals surface area contributed by atoms with Crippen LogP contribution < -0.4 is 4.74 Å². The van der Waals surface area contributed by atoms with Gasteiger partial charge in [0.05, 0.1) is 6.04 Å². The predicted molar refractivity (Wildman–Crippen MR) is 140 cm³/mol. The molecular weight excluding hydrogens is 507 g/mol. The Labute approximate surface area is 224 Å². The summed E-state index contributed by atoms with van der Waals surface area (Å²) in [5.41, 5.74) is 3.09. The van der Waals surface area contributed by atoms with Gasteiger partial charge in [-0.05, 0) is 47.4 Å². The van der Waals surface area contributed by atoms with E-state index < -0.39 is 6.04 Å². The molecule has 3 aromatic rings. The first-order valence-electron chi connectivity index (χ1n) is 12.6. The fraction of sp³-hybridized carbons (Fsp3) is 0.357. The lowest BCUT2D eigenvalue weighted by Gasteiger charge is -2.37. The molecular formula is C28H29FN4O4S. The van der Waals surface area contributed by atoms with Gasteiger partial charge in [0.25, 0.3) is 5.91 Å². The van der Waals surface area contributed by atoms with Gasteiger partial charge in [0.2, 0.25) is 11.8 Å². The number of aromatic nitrogens is 1. The summed E-state index contributed by atoms with van der Waals surface area (Å²) in [6, 6.07) is 11.7. The van der Waals surface area contributed by atoms with E-state index in [0.717, 1.165) is 11.1 Å². The van der Waals surface area contributed by atoms with Crippen molar-refractivity contribution in [1.29, 1.82) is 0 Å². The number of fused-ring (bicyclic) bond motifs is 1. The fourth-order valence-electron chi connectivity index (χ4n) is 5.07. The first-order valence-corrected chi connectivity index (χ1v) is 13.5. The van der Waals surface area contributed by atoms with Crippen LogP contribution in [0.5, 0.6) is 5.75 Å². The van der Waals surface area contributed by atoms with E-state index in [0.29, 0.717) is 61.2 Å². The summed E-state index contributed by atoms with van der Waals surface area (Å²) in [5.74, 6) is 0.0636. The van der Waals surface area contributed by atoms with Crippen molar-refractivity contribution >= 4 is 29.1 Å². The molecule has 0 N–H and O–H groups in total. The van der Waals surface area contributed by atoms with Crippen LogP contribution in [0.2, 0.25) is 0 Å². The van der Waals surface area contributed by atoms with Crippen LogP contribution in [-0.2, 0) is 22.6 Å². The molecule has 0 spiro atoms. The first-order chi connectivity index (χ1) is 18.3. The van der Waals surface area contributed by atoms with Gasteiger partial charge in [0, 0.05) is 52.0 Å². The lowest BCUT2D eigenvalue weighted by atomic mass is 9.88. The number of amides is 3. The van der Waals surface area contributed by atoms with Gasteiger partial charge in [-0.15, -0.1) is 11.3 Å². The van der Waals surface area contributed by atoms with E-state index in [1.807, 2.05) is 24.3 Å². The Balaban J connectivity index is 1.29. The molecule has 3 amide bonds. The highest BCUT2D eigenvalue weighted by Crippen LogP contribution is 2.37. The molecule has 0 radical (unpaired) electrons. The molecule has 1 atom stereocenters. The van der Waals surface area contributed by atoms with Gasteiger partial charge in [0.15, 0.2) is 0 Å². The zero-order valence-electron chi connectivity index (χ0n) is 21.4. The highest BCUT2D eigenvalue weighted by molar-refractivity contribution is 7.09. The molecule has 2 aromatic carbocycles. The third kappa shape index (κ3) is 5.40. The van der Waals surface area contributed by atoms with Crippen LogP contribution in [0.4, 0.5) is 4.39 Å². The minimum atomic E-state index is -0.400. The van der Waals surface area contributed by atoms with E-state index >= 15 is 0 Å². The van der Waals surface area contributed by atoms with Gasteiger partial charge in [-0.25, -0.2) is 9.37 Å². The number of rotatable bonds is 5.